The van der Waals surface area contributed by atoms with Crippen molar-refractivity contribution in [3.8, 4) is 5.82 Å². The second kappa shape index (κ2) is 6.91. The second-order valence-electron chi connectivity index (χ2n) is 8.29. The highest BCUT2D eigenvalue weighted by molar-refractivity contribution is 5.95. The van der Waals surface area contributed by atoms with Crippen molar-refractivity contribution >= 4 is 28.4 Å². The number of anilines is 2. The molecule has 1 N–H and O–H groups in total. The van der Waals surface area contributed by atoms with Gasteiger partial charge in [-0.25, -0.2) is 19.6 Å². The average molecular weight is 429 g/mol. The normalized spacial score (nSPS) is 17.9. The van der Waals surface area contributed by atoms with E-state index in [0.717, 1.165) is 45.0 Å². The first kappa shape index (κ1) is 19.7. The lowest BCUT2D eigenvalue weighted by Crippen LogP contribution is -2.44. The Morgan fingerprint density at radius 3 is 2.77 bits per heavy atom. The van der Waals surface area contributed by atoms with Gasteiger partial charge in [-0.15, -0.1) is 5.10 Å². The molecule has 5 heterocycles. The molecule has 2 saturated heterocycles. The zero-order chi connectivity index (χ0) is 21.8. The van der Waals surface area contributed by atoms with E-state index in [1.54, 1.807) is 12.3 Å². The van der Waals surface area contributed by atoms with E-state index in [4.69, 9.17) is 9.84 Å². The number of nitrogens with one attached hydrogen (secondary N) is 1. The van der Waals surface area contributed by atoms with Gasteiger partial charge in [0.05, 0.1) is 24.1 Å². The summed E-state index contributed by atoms with van der Waals surface area (Å²) in [4.78, 5) is 25.7. The van der Waals surface area contributed by atoms with Crippen molar-refractivity contribution in [2.75, 3.05) is 36.5 Å². The molecule has 0 atom stereocenters. The van der Waals surface area contributed by atoms with E-state index >= 15 is 0 Å². The van der Waals surface area contributed by atoms with E-state index < -0.39 is 11.7 Å². The lowest BCUT2D eigenvalue weighted by Gasteiger charge is -2.37. The molecule has 1 spiro atoms. The van der Waals surface area contributed by atoms with Gasteiger partial charge in [-0.1, -0.05) is 0 Å². The van der Waals surface area contributed by atoms with Crippen molar-refractivity contribution in [3.05, 3.63) is 30.4 Å². The third-order valence-corrected chi connectivity index (χ3v) is 5.65. The number of pyridine rings is 1. The zero-order valence-corrected chi connectivity index (χ0v) is 17.1. The summed E-state index contributed by atoms with van der Waals surface area (Å²) in [6.45, 7) is 5.21. The molecule has 0 bridgehead atoms. The Labute approximate surface area is 176 Å². The van der Waals surface area contributed by atoms with Crippen LogP contribution in [-0.2, 0) is 15.5 Å². The molecule has 3 aromatic heterocycles. The number of nitrogens with zero attached hydrogens (tertiary/aromatic N) is 6. The first-order valence-corrected chi connectivity index (χ1v) is 9.95. The van der Waals surface area contributed by atoms with Crippen LogP contribution in [0.2, 0.25) is 0 Å². The summed E-state index contributed by atoms with van der Waals surface area (Å²) >= 11 is 0. The van der Waals surface area contributed by atoms with Crippen LogP contribution >= 0.6 is 0 Å². The molecule has 5 rings (SSSR count). The topological polar surface area (TPSA) is 98.1 Å². The molecule has 0 aromatic carbocycles. The summed E-state index contributed by atoms with van der Waals surface area (Å²) in [5, 5.41) is 8.12. The fraction of sp³-hybridized carbons (Fsp3) is 0.450. The first-order valence-electron chi connectivity index (χ1n) is 9.95. The van der Waals surface area contributed by atoms with Gasteiger partial charge in [-0.3, -0.25) is 4.79 Å². The predicted octanol–water partition coefficient (Wildman–Crippen LogP) is 2.51. The zero-order valence-electron chi connectivity index (χ0n) is 17.1. The van der Waals surface area contributed by atoms with E-state index in [1.165, 1.54) is 23.9 Å². The predicted molar refractivity (Wildman–Crippen MR) is 108 cm³/mol. The minimum Gasteiger partial charge on any atom is -0.380 e. The number of hydrogen-bond acceptors (Lipinski definition) is 7. The van der Waals surface area contributed by atoms with Crippen LogP contribution in [0, 0.1) is 5.41 Å². The Kier molecular flexibility index (Phi) is 4.40. The number of aromatic nitrogens is 5. The van der Waals surface area contributed by atoms with E-state index in [1.807, 2.05) is 0 Å². The molecule has 0 saturated carbocycles. The molecule has 162 valence electrons. The van der Waals surface area contributed by atoms with E-state index in [9.17, 15) is 13.6 Å². The minimum atomic E-state index is -3.18. The van der Waals surface area contributed by atoms with Gasteiger partial charge in [0.1, 0.15) is 5.82 Å². The quantitative estimate of drug-likeness (QED) is 0.680. The largest absolute Gasteiger partial charge is 0.380 e. The molecule has 2 fully saturated rings. The van der Waals surface area contributed by atoms with Crippen LogP contribution in [0.25, 0.3) is 16.7 Å². The molecule has 2 aliphatic rings. The molecule has 1 amide bonds. The standard InChI is InChI=1S/C20H21F2N7O2/c1-12(30)25-15-7-14-13(8-24-15)17(28-6-4-20(9-28)10-31-11-20)27-29(14)16-3-5-23-18(26-16)19(2,21)22/h3,5,7-8H,4,6,9-11H2,1-2H3,(H,24,25,30). The number of hydrogen-bond donors (Lipinski definition) is 1. The molecular weight excluding hydrogens is 408 g/mol. The van der Waals surface area contributed by atoms with Crippen molar-refractivity contribution in [1.82, 2.24) is 24.7 Å². The van der Waals surface area contributed by atoms with Crippen molar-refractivity contribution in [3.63, 3.8) is 0 Å². The maximum absolute atomic E-state index is 13.8. The molecular formula is C20H21F2N7O2. The lowest BCUT2D eigenvalue weighted by molar-refractivity contribution is -0.114. The summed E-state index contributed by atoms with van der Waals surface area (Å²) in [5.41, 5.74) is 0.745. The van der Waals surface area contributed by atoms with Crippen LogP contribution in [0.15, 0.2) is 24.5 Å². The summed E-state index contributed by atoms with van der Waals surface area (Å²) in [6, 6.07) is 3.19. The molecule has 0 aliphatic carbocycles. The van der Waals surface area contributed by atoms with Crippen molar-refractivity contribution < 1.29 is 18.3 Å². The van der Waals surface area contributed by atoms with Gasteiger partial charge in [0, 0.05) is 56.9 Å². The molecule has 3 aromatic rings. The highest BCUT2D eigenvalue weighted by atomic mass is 19.3. The summed E-state index contributed by atoms with van der Waals surface area (Å²) in [7, 11) is 0. The maximum Gasteiger partial charge on any atom is 0.303 e. The van der Waals surface area contributed by atoms with Gasteiger partial charge >= 0.3 is 5.92 Å². The molecule has 9 nitrogen and oxygen atoms in total. The lowest BCUT2D eigenvalue weighted by atomic mass is 9.85. The second-order valence-corrected chi connectivity index (χ2v) is 8.29. The smallest absolute Gasteiger partial charge is 0.303 e. The maximum atomic E-state index is 13.8. The average Bonchev–Trinajstić information content (AvgIpc) is 3.29. The molecule has 31 heavy (non-hydrogen) atoms. The summed E-state index contributed by atoms with van der Waals surface area (Å²) in [6.07, 6.45) is 3.92. The monoisotopic (exact) mass is 429 g/mol. The Morgan fingerprint density at radius 1 is 1.32 bits per heavy atom. The highest BCUT2D eigenvalue weighted by Crippen LogP contribution is 2.41. The fourth-order valence-electron chi connectivity index (χ4n) is 4.07. The Hall–Kier alpha value is -3.21. The molecule has 0 radical (unpaired) electrons. The van der Waals surface area contributed by atoms with Crippen molar-refractivity contribution in [1.29, 1.82) is 0 Å². The third-order valence-electron chi connectivity index (χ3n) is 5.65. The van der Waals surface area contributed by atoms with Crippen LogP contribution < -0.4 is 10.2 Å². The molecule has 2 aliphatic heterocycles. The Balaban J connectivity index is 1.63. The summed E-state index contributed by atoms with van der Waals surface area (Å²) in [5.74, 6) is -2.78. The van der Waals surface area contributed by atoms with Crippen molar-refractivity contribution in [2.24, 2.45) is 5.41 Å². The number of carbonyl (C=O) groups excluding carboxylic acids is 1. The number of amides is 1. The van der Waals surface area contributed by atoms with Gasteiger partial charge in [-0.2, -0.15) is 8.78 Å². The fourth-order valence-corrected chi connectivity index (χ4v) is 4.07. The number of alkyl halides is 2. The van der Waals surface area contributed by atoms with Gasteiger partial charge < -0.3 is 15.0 Å². The van der Waals surface area contributed by atoms with E-state index in [0.29, 0.717) is 17.2 Å². The number of ether oxygens (including phenoxy) is 1. The van der Waals surface area contributed by atoms with Gasteiger partial charge in [-0.05, 0) is 6.42 Å². The van der Waals surface area contributed by atoms with Crippen LogP contribution in [-0.4, -0.2) is 56.9 Å². The first-order chi connectivity index (χ1) is 14.7. The van der Waals surface area contributed by atoms with E-state index in [2.05, 4.69) is 25.2 Å². The summed E-state index contributed by atoms with van der Waals surface area (Å²) < 4.78 is 34.6. The SMILES string of the molecule is CC(=O)Nc1cc2c(cn1)c(N1CCC3(COC3)C1)nn2-c1ccnc(C(C)(F)F)n1. The minimum absolute atomic E-state index is 0.145. The number of carbonyl (C=O) groups is 1. The van der Waals surface area contributed by atoms with Gasteiger partial charge in [0.15, 0.2) is 11.6 Å². The molecule has 11 heteroatoms. The van der Waals surface area contributed by atoms with Crippen molar-refractivity contribution in [2.45, 2.75) is 26.2 Å². The Morgan fingerprint density at radius 2 is 2.13 bits per heavy atom. The number of halogens is 2. The van der Waals surface area contributed by atoms with Crippen LogP contribution in [0.3, 0.4) is 0 Å². The number of fused-ring (bicyclic) bond motifs is 1. The van der Waals surface area contributed by atoms with E-state index in [-0.39, 0.29) is 17.1 Å². The van der Waals surface area contributed by atoms with Crippen LogP contribution in [0.4, 0.5) is 20.4 Å². The van der Waals surface area contributed by atoms with Crippen LogP contribution in [0.1, 0.15) is 26.1 Å². The van der Waals surface area contributed by atoms with Crippen LogP contribution in [0.5, 0.6) is 0 Å². The third kappa shape index (κ3) is 3.48. The molecule has 0 unspecified atom stereocenters. The highest BCUT2D eigenvalue weighted by Gasteiger charge is 2.45. The number of rotatable bonds is 4. The Bertz CT molecular complexity index is 1170. The van der Waals surface area contributed by atoms with Gasteiger partial charge in [0.25, 0.3) is 0 Å². The van der Waals surface area contributed by atoms with Gasteiger partial charge in [0.2, 0.25) is 11.7 Å².